The van der Waals surface area contributed by atoms with Gasteiger partial charge in [-0.3, -0.25) is 0 Å². The lowest BCUT2D eigenvalue weighted by Gasteiger charge is -2.22. The zero-order chi connectivity index (χ0) is 13.4. The molecule has 0 aromatic heterocycles. The number of unbranched alkanes of at least 4 members (excludes halogenated alkanes) is 6. The van der Waals surface area contributed by atoms with Crippen LogP contribution in [-0.4, -0.2) is 29.4 Å². The van der Waals surface area contributed by atoms with Gasteiger partial charge in [-0.25, -0.2) is 4.79 Å². The average Bonchev–Trinajstić information content (AvgIpc) is 2.62. The Morgan fingerprint density at radius 1 is 1.11 bits per heavy atom. The van der Waals surface area contributed by atoms with E-state index in [-0.39, 0.29) is 12.1 Å². The highest BCUT2D eigenvalue weighted by molar-refractivity contribution is 6.02. The minimum absolute atomic E-state index is 0.0538. The normalized spacial score (nSPS) is 19.4. The van der Waals surface area contributed by atoms with Crippen molar-refractivity contribution in [2.24, 2.45) is 10.7 Å². The van der Waals surface area contributed by atoms with E-state index in [0.29, 0.717) is 12.4 Å². The van der Waals surface area contributed by atoms with Crippen molar-refractivity contribution in [1.82, 2.24) is 4.90 Å². The van der Waals surface area contributed by atoms with Crippen molar-refractivity contribution < 1.29 is 4.79 Å². The Bertz CT molecular complexity index is 289. The molecule has 4 nitrogen and oxygen atoms in total. The molecule has 2 N–H and O–H groups in total. The molecule has 1 aliphatic heterocycles. The number of carbonyl (C=O) groups is 1. The van der Waals surface area contributed by atoms with E-state index in [1.54, 1.807) is 4.90 Å². The first-order valence-electron chi connectivity index (χ1n) is 7.35. The second-order valence-electron chi connectivity index (χ2n) is 5.03. The van der Waals surface area contributed by atoms with E-state index >= 15 is 0 Å². The molecule has 1 unspecified atom stereocenters. The van der Waals surface area contributed by atoms with E-state index in [9.17, 15) is 4.79 Å². The van der Waals surface area contributed by atoms with E-state index in [4.69, 9.17) is 5.73 Å². The molecule has 0 saturated heterocycles. The quantitative estimate of drug-likeness (QED) is 0.641. The van der Waals surface area contributed by atoms with Gasteiger partial charge in [-0.1, -0.05) is 51.9 Å². The van der Waals surface area contributed by atoms with Gasteiger partial charge in [-0.05, 0) is 13.3 Å². The summed E-state index contributed by atoms with van der Waals surface area (Å²) >= 11 is 0. The zero-order valence-corrected chi connectivity index (χ0v) is 11.8. The molecule has 0 aliphatic carbocycles. The minimum Gasteiger partial charge on any atom is -0.385 e. The van der Waals surface area contributed by atoms with Crippen LogP contribution in [0.1, 0.15) is 65.2 Å². The smallest absolute Gasteiger partial charge is 0.345 e. The largest absolute Gasteiger partial charge is 0.385 e. The summed E-state index contributed by atoms with van der Waals surface area (Å²) in [5.41, 5.74) is 5.80. The van der Waals surface area contributed by atoms with Gasteiger partial charge < -0.3 is 10.6 Å². The number of aliphatic imine (C=N–C) groups is 1. The Labute approximate surface area is 111 Å². The van der Waals surface area contributed by atoms with Crippen LogP contribution >= 0.6 is 0 Å². The van der Waals surface area contributed by atoms with Gasteiger partial charge in [0, 0.05) is 6.54 Å². The maximum Gasteiger partial charge on any atom is 0.345 e. The number of likely N-dealkylation sites (N-methyl/N-ethyl adjacent to an activating group) is 1. The van der Waals surface area contributed by atoms with Crippen molar-refractivity contribution in [3.63, 3.8) is 0 Å². The van der Waals surface area contributed by atoms with Crippen molar-refractivity contribution in [3.05, 3.63) is 0 Å². The van der Waals surface area contributed by atoms with Crippen LogP contribution in [0.2, 0.25) is 0 Å². The Balaban J connectivity index is 2.15. The van der Waals surface area contributed by atoms with Crippen LogP contribution < -0.4 is 5.73 Å². The second-order valence-corrected chi connectivity index (χ2v) is 5.03. The monoisotopic (exact) mass is 253 g/mol. The summed E-state index contributed by atoms with van der Waals surface area (Å²) < 4.78 is 0. The lowest BCUT2D eigenvalue weighted by atomic mass is 10.0. The molecular formula is C14H27N3O. The third kappa shape index (κ3) is 4.31. The zero-order valence-electron chi connectivity index (χ0n) is 11.8. The molecule has 2 amide bonds. The topological polar surface area (TPSA) is 58.7 Å². The second kappa shape index (κ2) is 8.11. The lowest BCUT2D eigenvalue weighted by molar-refractivity contribution is 0.206. The molecule has 4 heteroatoms. The first kappa shape index (κ1) is 15.0. The molecule has 0 spiro atoms. The van der Waals surface area contributed by atoms with Crippen LogP contribution in [-0.2, 0) is 0 Å². The van der Waals surface area contributed by atoms with Gasteiger partial charge in [0.05, 0.1) is 6.04 Å². The first-order chi connectivity index (χ1) is 8.70. The molecule has 1 aliphatic rings. The van der Waals surface area contributed by atoms with Crippen LogP contribution in [0.25, 0.3) is 0 Å². The molecule has 1 rings (SSSR count). The fourth-order valence-electron chi connectivity index (χ4n) is 2.50. The summed E-state index contributed by atoms with van der Waals surface area (Å²) in [5.74, 6) is 0.507. The van der Waals surface area contributed by atoms with Crippen LogP contribution in [0, 0.1) is 0 Å². The van der Waals surface area contributed by atoms with Gasteiger partial charge in [-0.2, -0.15) is 4.99 Å². The third-order valence-electron chi connectivity index (χ3n) is 3.61. The number of hydrogen-bond acceptors (Lipinski definition) is 2. The lowest BCUT2D eigenvalue weighted by Crippen LogP contribution is -2.40. The number of carbonyl (C=O) groups excluding carboxylic acids is 1. The number of nitrogens with zero attached hydrogens (tertiary/aromatic N) is 2. The molecule has 18 heavy (non-hydrogen) atoms. The Morgan fingerprint density at radius 3 is 2.33 bits per heavy atom. The fraction of sp³-hybridized carbons (Fsp3) is 0.857. The van der Waals surface area contributed by atoms with Crippen LogP contribution in [0.4, 0.5) is 4.79 Å². The SMILES string of the molecule is CCCCCCCCCC1C(N)=NC(=O)N1CC. The maximum atomic E-state index is 11.5. The molecule has 1 heterocycles. The number of amides is 2. The number of urea groups is 1. The third-order valence-corrected chi connectivity index (χ3v) is 3.61. The summed E-state index contributed by atoms with van der Waals surface area (Å²) in [6, 6.07) is -0.110. The van der Waals surface area contributed by atoms with Crippen molar-refractivity contribution in [2.45, 2.75) is 71.3 Å². The van der Waals surface area contributed by atoms with E-state index in [0.717, 1.165) is 12.8 Å². The Hall–Kier alpha value is -1.06. The highest BCUT2D eigenvalue weighted by Gasteiger charge is 2.31. The summed E-state index contributed by atoms with van der Waals surface area (Å²) in [7, 11) is 0. The Morgan fingerprint density at radius 2 is 1.72 bits per heavy atom. The van der Waals surface area contributed by atoms with Crippen molar-refractivity contribution in [2.75, 3.05) is 6.54 Å². The first-order valence-corrected chi connectivity index (χ1v) is 7.35. The number of amidine groups is 1. The Kier molecular flexibility index (Phi) is 6.76. The maximum absolute atomic E-state index is 11.5. The van der Waals surface area contributed by atoms with Gasteiger partial charge in [0.2, 0.25) is 0 Å². The summed E-state index contributed by atoms with van der Waals surface area (Å²) in [6.07, 6.45) is 9.95. The molecule has 0 saturated carbocycles. The molecule has 0 fully saturated rings. The van der Waals surface area contributed by atoms with E-state index in [1.807, 2.05) is 6.92 Å². The van der Waals surface area contributed by atoms with Gasteiger partial charge in [-0.15, -0.1) is 0 Å². The van der Waals surface area contributed by atoms with Crippen molar-refractivity contribution >= 4 is 11.9 Å². The molecule has 0 aromatic rings. The standard InChI is InChI=1S/C14H27N3O/c1-3-5-6-7-8-9-10-11-12-13(15)16-14(18)17(12)4-2/h12H,3-11H2,1-2H3,(H2,15,16,18). The predicted octanol–water partition coefficient (Wildman–Crippen LogP) is 3.31. The fourth-order valence-corrected chi connectivity index (χ4v) is 2.50. The van der Waals surface area contributed by atoms with Crippen molar-refractivity contribution in [1.29, 1.82) is 0 Å². The van der Waals surface area contributed by atoms with E-state index in [1.165, 1.54) is 38.5 Å². The highest BCUT2D eigenvalue weighted by Crippen LogP contribution is 2.17. The summed E-state index contributed by atoms with van der Waals surface area (Å²) in [5, 5.41) is 0. The molecule has 104 valence electrons. The molecular weight excluding hydrogens is 226 g/mol. The molecule has 0 aromatic carbocycles. The van der Waals surface area contributed by atoms with E-state index in [2.05, 4.69) is 11.9 Å². The number of hydrogen-bond donors (Lipinski definition) is 1. The van der Waals surface area contributed by atoms with Gasteiger partial charge in [0.15, 0.2) is 0 Å². The average molecular weight is 253 g/mol. The van der Waals surface area contributed by atoms with Crippen LogP contribution in [0.15, 0.2) is 4.99 Å². The molecule has 1 atom stereocenters. The van der Waals surface area contributed by atoms with Crippen molar-refractivity contribution in [3.8, 4) is 0 Å². The summed E-state index contributed by atoms with van der Waals surface area (Å²) in [6.45, 7) is 4.91. The van der Waals surface area contributed by atoms with Crippen LogP contribution in [0.5, 0.6) is 0 Å². The van der Waals surface area contributed by atoms with E-state index < -0.39 is 0 Å². The summed E-state index contributed by atoms with van der Waals surface area (Å²) in [4.78, 5) is 17.1. The minimum atomic E-state index is -0.164. The molecule has 0 radical (unpaired) electrons. The van der Waals surface area contributed by atoms with Gasteiger partial charge >= 0.3 is 6.03 Å². The van der Waals surface area contributed by atoms with Crippen LogP contribution in [0.3, 0.4) is 0 Å². The number of rotatable bonds is 9. The van der Waals surface area contributed by atoms with Gasteiger partial charge in [0.1, 0.15) is 5.84 Å². The highest BCUT2D eigenvalue weighted by atomic mass is 16.2. The predicted molar refractivity (Wildman–Crippen MR) is 75.8 cm³/mol. The molecule has 0 bridgehead atoms. The number of nitrogens with two attached hydrogens (primary N) is 1. The van der Waals surface area contributed by atoms with Gasteiger partial charge in [0.25, 0.3) is 0 Å².